The van der Waals surface area contributed by atoms with Crippen LogP contribution in [0.4, 0.5) is 5.95 Å². The van der Waals surface area contributed by atoms with Crippen LogP contribution in [0.3, 0.4) is 0 Å². The van der Waals surface area contributed by atoms with Gasteiger partial charge in [0.2, 0.25) is 5.95 Å². The molecular formula is C16H15BrN4O2. The Bertz CT molecular complexity index is 780. The summed E-state index contributed by atoms with van der Waals surface area (Å²) in [4.78, 5) is 16.7. The molecule has 118 valence electrons. The molecule has 2 aromatic rings. The van der Waals surface area contributed by atoms with Gasteiger partial charge in [-0.2, -0.15) is 10.1 Å². The van der Waals surface area contributed by atoms with Crippen LogP contribution in [0, 0.1) is 0 Å². The molecule has 1 aliphatic heterocycles. The van der Waals surface area contributed by atoms with E-state index in [9.17, 15) is 4.79 Å². The molecule has 0 radical (unpaired) electrons. The van der Waals surface area contributed by atoms with Crippen molar-refractivity contribution >= 4 is 27.8 Å². The summed E-state index contributed by atoms with van der Waals surface area (Å²) in [6.07, 6.45) is 3.00. The smallest absolute Gasteiger partial charge is 0.338 e. The molecule has 1 aliphatic rings. The fourth-order valence-electron chi connectivity index (χ4n) is 2.52. The van der Waals surface area contributed by atoms with E-state index in [4.69, 9.17) is 4.74 Å². The van der Waals surface area contributed by atoms with Crippen molar-refractivity contribution in [1.29, 1.82) is 0 Å². The maximum atomic E-state index is 12.5. The zero-order valence-corrected chi connectivity index (χ0v) is 14.1. The molecule has 0 saturated heterocycles. The number of allylic oxidation sites excluding steroid dienone is 1. The Morgan fingerprint density at radius 2 is 2.22 bits per heavy atom. The van der Waals surface area contributed by atoms with Crippen molar-refractivity contribution in [2.75, 3.05) is 11.9 Å². The molecule has 0 fully saturated rings. The lowest BCUT2D eigenvalue weighted by Gasteiger charge is -2.28. The van der Waals surface area contributed by atoms with Gasteiger partial charge in [0.25, 0.3) is 0 Å². The first kappa shape index (κ1) is 15.5. The Morgan fingerprint density at radius 1 is 1.48 bits per heavy atom. The van der Waals surface area contributed by atoms with E-state index in [2.05, 4.69) is 37.9 Å². The van der Waals surface area contributed by atoms with Crippen molar-refractivity contribution in [2.24, 2.45) is 0 Å². The second kappa shape index (κ2) is 6.37. The largest absolute Gasteiger partial charge is 0.458 e. The third kappa shape index (κ3) is 2.92. The van der Waals surface area contributed by atoms with Crippen LogP contribution in [0.25, 0.3) is 0 Å². The molecule has 1 unspecified atom stereocenters. The molecule has 6 nitrogen and oxygen atoms in total. The maximum Gasteiger partial charge on any atom is 0.338 e. The number of hydrogen-bond donors (Lipinski definition) is 1. The van der Waals surface area contributed by atoms with Gasteiger partial charge >= 0.3 is 5.97 Å². The quantitative estimate of drug-likeness (QED) is 0.657. The molecule has 2 heterocycles. The normalized spacial score (nSPS) is 16.5. The number of nitrogens with zero attached hydrogens (tertiary/aromatic N) is 3. The van der Waals surface area contributed by atoms with Gasteiger partial charge in [0, 0.05) is 10.2 Å². The van der Waals surface area contributed by atoms with Crippen LogP contribution in [-0.2, 0) is 9.53 Å². The van der Waals surface area contributed by atoms with Crippen LogP contribution in [0.15, 0.2) is 59.0 Å². The number of hydrogen-bond acceptors (Lipinski definition) is 5. The highest BCUT2D eigenvalue weighted by Crippen LogP contribution is 2.35. The van der Waals surface area contributed by atoms with Crippen LogP contribution in [0.5, 0.6) is 0 Å². The van der Waals surface area contributed by atoms with Gasteiger partial charge in [-0.05, 0) is 24.6 Å². The van der Waals surface area contributed by atoms with Gasteiger partial charge in [0.05, 0.1) is 5.57 Å². The number of benzene rings is 1. The van der Waals surface area contributed by atoms with E-state index in [1.807, 2.05) is 31.2 Å². The van der Waals surface area contributed by atoms with Gasteiger partial charge in [-0.15, -0.1) is 0 Å². The average Bonchev–Trinajstić information content (AvgIpc) is 3.00. The number of esters is 1. The highest BCUT2D eigenvalue weighted by atomic mass is 79.9. The molecule has 0 bridgehead atoms. The summed E-state index contributed by atoms with van der Waals surface area (Å²) >= 11 is 3.42. The Hall–Kier alpha value is -2.41. The SMILES string of the molecule is C=CCOC(=O)C1=C(C)Nc2ncnn2C1c1ccc(Br)cc1. The van der Waals surface area contributed by atoms with Crippen molar-refractivity contribution < 1.29 is 9.53 Å². The number of fused-ring (bicyclic) bond motifs is 1. The number of carbonyl (C=O) groups excluding carboxylic acids is 1. The molecule has 3 rings (SSSR count). The Morgan fingerprint density at radius 3 is 2.91 bits per heavy atom. The van der Waals surface area contributed by atoms with Gasteiger partial charge in [0.15, 0.2) is 0 Å². The molecule has 1 atom stereocenters. The fraction of sp³-hybridized carbons (Fsp3) is 0.188. The maximum absolute atomic E-state index is 12.5. The second-order valence-corrected chi connectivity index (χ2v) is 5.95. The first-order chi connectivity index (χ1) is 11.1. The standard InChI is InChI=1S/C16H15BrN4O2/c1-3-8-23-15(22)13-10(2)20-16-18-9-19-21(16)14(13)11-4-6-12(17)7-5-11/h3-7,9,14H,1,8H2,2H3,(H,18,19,20). The number of ether oxygens (including phenoxy) is 1. The van der Waals surface area contributed by atoms with E-state index < -0.39 is 5.97 Å². The Balaban J connectivity index is 2.08. The number of halogens is 1. The van der Waals surface area contributed by atoms with Gasteiger partial charge < -0.3 is 10.1 Å². The van der Waals surface area contributed by atoms with Gasteiger partial charge in [-0.3, -0.25) is 0 Å². The van der Waals surface area contributed by atoms with Crippen LogP contribution < -0.4 is 5.32 Å². The Kier molecular flexibility index (Phi) is 4.29. The first-order valence-electron chi connectivity index (χ1n) is 7.02. The number of carbonyl (C=O) groups is 1. The summed E-state index contributed by atoms with van der Waals surface area (Å²) in [6, 6.07) is 7.35. The third-order valence-corrected chi connectivity index (χ3v) is 4.06. The summed E-state index contributed by atoms with van der Waals surface area (Å²) in [5, 5.41) is 7.35. The van der Waals surface area contributed by atoms with Crippen molar-refractivity contribution in [2.45, 2.75) is 13.0 Å². The molecule has 23 heavy (non-hydrogen) atoms. The van der Waals surface area contributed by atoms with Crippen LogP contribution in [0.2, 0.25) is 0 Å². The third-order valence-electron chi connectivity index (χ3n) is 3.53. The highest BCUT2D eigenvalue weighted by molar-refractivity contribution is 9.10. The van der Waals surface area contributed by atoms with Gasteiger partial charge in [0.1, 0.15) is 19.0 Å². The lowest BCUT2D eigenvalue weighted by molar-refractivity contribution is -0.138. The minimum absolute atomic E-state index is 0.160. The minimum atomic E-state index is -0.399. The van der Waals surface area contributed by atoms with E-state index in [0.29, 0.717) is 17.2 Å². The number of anilines is 1. The minimum Gasteiger partial charge on any atom is -0.458 e. The zero-order chi connectivity index (χ0) is 16.4. The van der Waals surface area contributed by atoms with Crippen LogP contribution in [0.1, 0.15) is 18.5 Å². The molecule has 1 aromatic carbocycles. The monoisotopic (exact) mass is 374 g/mol. The topological polar surface area (TPSA) is 69.0 Å². The molecule has 0 aliphatic carbocycles. The zero-order valence-electron chi connectivity index (χ0n) is 12.5. The summed E-state index contributed by atoms with van der Waals surface area (Å²) < 4.78 is 7.89. The molecule has 1 N–H and O–H groups in total. The summed E-state index contributed by atoms with van der Waals surface area (Å²) in [7, 11) is 0. The number of aromatic nitrogens is 3. The van der Waals surface area contributed by atoms with Crippen molar-refractivity contribution in [1.82, 2.24) is 14.8 Å². The predicted octanol–water partition coefficient (Wildman–Crippen LogP) is 3.06. The molecule has 0 saturated carbocycles. The summed E-state index contributed by atoms with van der Waals surface area (Å²) in [6.45, 7) is 5.56. The number of nitrogens with one attached hydrogen (secondary N) is 1. The summed E-state index contributed by atoms with van der Waals surface area (Å²) in [5.74, 6) is 0.194. The highest BCUT2D eigenvalue weighted by Gasteiger charge is 2.34. The average molecular weight is 375 g/mol. The predicted molar refractivity (Wildman–Crippen MR) is 89.8 cm³/mol. The second-order valence-electron chi connectivity index (χ2n) is 5.03. The van der Waals surface area contributed by atoms with Gasteiger partial charge in [-0.1, -0.05) is 40.7 Å². The number of rotatable bonds is 4. The summed E-state index contributed by atoms with van der Waals surface area (Å²) in [5.41, 5.74) is 2.13. The van der Waals surface area contributed by atoms with E-state index in [1.54, 1.807) is 10.8 Å². The van der Waals surface area contributed by atoms with E-state index in [0.717, 1.165) is 10.0 Å². The van der Waals surface area contributed by atoms with Crippen molar-refractivity contribution in [3.63, 3.8) is 0 Å². The van der Waals surface area contributed by atoms with Crippen molar-refractivity contribution in [3.05, 3.63) is 64.6 Å². The molecule has 0 spiro atoms. The van der Waals surface area contributed by atoms with E-state index in [-0.39, 0.29) is 12.6 Å². The molecule has 1 aromatic heterocycles. The first-order valence-corrected chi connectivity index (χ1v) is 7.82. The van der Waals surface area contributed by atoms with Gasteiger partial charge in [-0.25, -0.2) is 9.48 Å². The molecule has 7 heteroatoms. The van der Waals surface area contributed by atoms with E-state index in [1.165, 1.54) is 6.33 Å². The van der Waals surface area contributed by atoms with E-state index >= 15 is 0 Å². The molecular weight excluding hydrogens is 360 g/mol. The lowest BCUT2D eigenvalue weighted by atomic mass is 9.96. The van der Waals surface area contributed by atoms with Crippen molar-refractivity contribution in [3.8, 4) is 0 Å². The lowest BCUT2D eigenvalue weighted by Crippen LogP contribution is -2.29. The fourth-order valence-corrected chi connectivity index (χ4v) is 2.79. The Labute approximate surface area is 142 Å². The van der Waals surface area contributed by atoms with Crippen LogP contribution >= 0.6 is 15.9 Å². The van der Waals surface area contributed by atoms with Crippen LogP contribution in [-0.4, -0.2) is 27.3 Å². The molecule has 0 amide bonds.